The molecule has 3 aromatic rings. The summed E-state index contributed by atoms with van der Waals surface area (Å²) in [4.78, 5) is 60.7. The molecule has 0 radical (unpaired) electrons. The molecule has 1 aliphatic heterocycles. The molecule has 0 spiro atoms. The van der Waals surface area contributed by atoms with E-state index < -0.39 is 29.7 Å². The van der Waals surface area contributed by atoms with Crippen molar-refractivity contribution in [1.29, 1.82) is 0 Å². The predicted octanol–water partition coefficient (Wildman–Crippen LogP) is 4.13. The number of aliphatic hydroxyl groups excluding tert-OH is 1. The third-order valence-electron chi connectivity index (χ3n) is 9.54. The Morgan fingerprint density at radius 3 is 2.26 bits per heavy atom. The highest BCUT2D eigenvalue weighted by molar-refractivity contribution is 5.88. The van der Waals surface area contributed by atoms with Crippen LogP contribution in [0.4, 0.5) is 9.59 Å². The van der Waals surface area contributed by atoms with Gasteiger partial charge in [-0.25, -0.2) is 14.6 Å². The molecule has 2 heterocycles. The summed E-state index contributed by atoms with van der Waals surface area (Å²) >= 11 is 0. The van der Waals surface area contributed by atoms with Gasteiger partial charge in [0.05, 0.1) is 19.3 Å². The molecule has 4 N–H and O–H groups in total. The van der Waals surface area contributed by atoms with Gasteiger partial charge in [-0.15, -0.1) is 0 Å². The number of rotatable bonds is 19. The summed E-state index contributed by atoms with van der Waals surface area (Å²) in [6.07, 6.45) is 2.79. The Bertz CT molecular complexity index is 1610. The molecule has 1 aliphatic rings. The van der Waals surface area contributed by atoms with Gasteiger partial charge in [0.1, 0.15) is 6.04 Å². The molecular formula is C40H55N7O6. The lowest BCUT2D eigenvalue weighted by Crippen LogP contribution is -2.58. The lowest BCUT2D eigenvalue weighted by molar-refractivity contribution is -0.131. The molecule has 13 nitrogen and oxygen atoms in total. The highest BCUT2D eigenvalue weighted by Gasteiger charge is 2.41. The molecule has 4 rings (SSSR count). The number of amides is 5. The highest BCUT2D eigenvalue weighted by atomic mass is 16.5. The summed E-state index contributed by atoms with van der Waals surface area (Å²) in [5.74, 6) is -0.791. The standard InChI is InChI=1S/C40H55N7O6/c1-6-29(2)36(47-21-20-45(39(47)52)25-32-18-13-19-41-24-32)37(50)43-33(22-30-14-9-7-10-15-30)34(48)27-46(26-31-16-11-8-12-17-31)44-35(49)23-40(3,4)28-42-38(51)53-5/h7-19,24,29,33-34,36,48H,6,20-23,25-28H2,1-5H3,(H,42,51)(H,43,50)(H,44,49). The zero-order valence-corrected chi connectivity index (χ0v) is 31.5. The Balaban J connectivity index is 1.53. The van der Waals surface area contributed by atoms with Crippen LogP contribution in [0.15, 0.2) is 85.2 Å². The van der Waals surface area contributed by atoms with Gasteiger partial charge in [0, 0.05) is 58.1 Å². The number of benzene rings is 2. The number of hydrazine groups is 1. The first-order chi connectivity index (χ1) is 25.4. The molecule has 1 fully saturated rings. The van der Waals surface area contributed by atoms with Gasteiger partial charge < -0.3 is 30.3 Å². The molecule has 2 aromatic carbocycles. The van der Waals surface area contributed by atoms with Gasteiger partial charge in [0.2, 0.25) is 11.8 Å². The van der Waals surface area contributed by atoms with Gasteiger partial charge in [-0.05, 0) is 40.5 Å². The Labute approximate surface area is 313 Å². The van der Waals surface area contributed by atoms with Gasteiger partial charge in [-0.2, -0.15) is 0 Å². The normalized spacial score (nSPS) is 15.4. The molecule has 5 amide bonds. The number of nitrogens with zero attached hydrogens (tertiary/aromatic N) is 4. The van der Waals surface area contributed by atoms with E-state index in [0.717, 1.165) is 16.7 Å². The number of methoxy groups -OCH3 is 1. The monoisotopic (exact) mass is 729 g/mol. The van der Waals surface area contributed by atoms with Gasteiger partial charge >= 0.3 is 12.1 Å². The Kier molecular flexibility index (Phi) is 15.2. The second-order valence-electron chi connectivity index (χ2n) is 14.5. The third-order valence-corrected chi connectivity index (χ3v) is 9.54. The van der Waals surface area contributed by atoms with E-state index in [-0.39, 0.29) is 43.3 Å². The zero-order valence-electron chi connectivity index (χ0n) is 31.5. The number of ether oxygens (including phenoxy) is 1. The second-order valence-corrected chi connectivity index (χ2v) is 14.5. The number of alkyl carbamates (subject to hydrolysis) is 1. The minimum Gasteiger partial charge on any atom is -0.453 e. The van der Waals surface area contributed by atoms with Gasteiger partial charge in [0.15, 0.2) is 0 Å². The van der Waals surface area contributed by atoms with Crippen LogP contribution < -0.4 is 16.1 Å². The van der Waals surface area contributed by atoms with Crippen molar-refractivity contribution >= 4 is 23.9 Å². The average molecular weight is 730 g/mol. The van der Waals surface area contributed by atoms with Crippen molar-refractivity contribution in [2.75, 3.05) is 33.3 Å². The molecule has 13 heteroatoms. The maximum absolute atomic E-state index is 14.3. The van der Waals surface area contributed by atoms with Crippen molar-refractivity contribution in [3.8, 4) is 0 Å². The molecule has 1 aromatic heterocycles. The summed E-state index contributed by atoms with van der Waals surface area (Å²) in [6.45, 7) is 9.46. The topological polar surface area (TPSA) is 156 Å². The van der Waals surface area contributed by atoms with Crippen LogP contribution in [-0.2, 0) is 33.8 Å². The SMILES string of the molecule is CCC(C)C(C(=O)NC(Cc1ccccc1)C(O)CN(Cc1ccccc1)NC(=O)CC(C)(C)CNC(=O)OC)N1CCN(Cc2cccnc2)C1=O. The quantitative estimate of drug-likeness (QED) is 0.134. The number of aromatic nitrogens is 1. The van der Waals surface area contributed by atoms with Gasteiger partial charge in [-0.3, -0.25) is 20.0 Å². The van der Waals surface area contributed by atoms with Crippen LogP contribution in [0.3, 0.4) is 0 Å². The molecule has 0 bridgehead atoms. The number of urea groups is 1. The number of carbonyl (C=O) groups excluding carboxylic acids is 4. The van der Waals surface area contributed by atoms with Crippen molar-refractivity contribution < 1.29 is 29.0 Å². The van der Waals surface area contributed by atoms with E-state index in [4.69, 9.17) is 0 Å². The van der Waals surface area contributed by atoms with Crippen molar-refractivity contribution in [1.82, 2.24) is 35.9 Å². The first-order valence-corrected chi connectivity index (χ1v) is 18.3. The number of aliphatic hydroxyl groups is 1. The van der Waals surface area contributed by atoms with Crippen LogP contribution in [0.1, 0.15) is 57.2 Å². The van der Waals surface area contributed by atoms with Crippen LogP contribution in [-0.4, -0.2) is 100 Å². The number of nitrogens with one attached hydrogen (secondary N) is 3. The minimum atomic E-state index is -1.12. The van der Waals surface area contributed by atoms with E-state index in [1.807, 2.05) is 100 Å². The van der Waals surface area contributed by atoms with Crippen LogP contribution >= 0.6 is 0 Å². The molecule has 53 heavy (non-hydrogen) atoms. The van der Waals surface area contributed by atoms with E-state index in [0.29, 0.717) is 39.0 Å². The molecule has 0 aliphatic carbocycles. The van der Waals surface area contributed by atoms with Gasteiger partial charge in [-0.1, -0.05) is 101 Å². The first-order valence-electron chi connectivity index (χ1n) is 18.3. The second kappa shape index (κ2) is 19.7. The molecule has 4 unspecified atom stereocenters. The fourth-order valence-electron chi connectivity index (χ4n) is 6.47. The third kappa shape index (κ3) is 12.6. The number of hydrogen-bond donors (Lipinski definition) is 4. The first kappa shape index (κ1) is 40.8. The van der Waals surface area contributed by atoms with E-state index >= 15 is 0 Å². The molecule has 1 saturated heterocycles. The minimum absolute atomic E-state index is 0.00517. The van der Waals surface area contributed by atoms with Crippen molar-refractivity contribution in [2.45, 2.75) is 78.2 Å². The number of hydrogen-bond acceptors (Lipinski definition) is 8. The van der Waals surface area contributed by atoms with Crippen LogP contribution in [0.5, 0.6) is 0 Å². The highest BCUT2D eigenvalue weighted by Crippen LogP contribution is 2.23. The van der Waals surface area contributed by atoms with Crippen molar-refractivity contribution in [2.24, 2.45) is 11.3 Å². The lowest BCUT2D eigenvalue weighted by atomic mass is 9.89. The largest absolute Gasteiger partial charge is 0.453 e. The summed E-state index contributed by atoms with van der Waals surface area (Å²) in [6, 6.07) is 21.2. The maximum atomic E-state index is 14.3. The van der Waals surface area contributed by atoms with Crippen molar-refractivity contribution in [3.63, 3.8) is 0 Å². The zero-order chi connectivity index (χ0) is 38.4. The van der Waals surface area contributed by atoms with E-state index in [9.17, 15) is 24.3 Å². The van der Waals surface area contributed by atoms with Crippen LogP contribution in [0.25, 0.3) is 0 Å². The summed E-state index contributed by atoms with van der Waals surface area (Å²) < 4.78 is 4.67. The Morgan fingerprint density at radius 1 is 0.981 bits per heavy atom. The number of pyridine rings is 1. The van der Waals surface area contributed by atoms with E-state index in [1.165, 1.54) is 7.11 Å². The molecule has 286 valence electrons. The van der Waals surface area contributed by atoms with Crippen LogP contribution in [0, 0.1) is 11.3 Å². The summed E-state index contributed by atoms with van der Waals surface area (Å²) in [7, 11) is 1.28. The summed E-state index contributed by atoms with van der Waals surface area (Å²) in [5.41, 5.74) is 5.11. The Hall–Kier alpha value is -5.01. The predicted molar refractivity (Wildman–Crippen MR) is 202 cm³/mol. The molecule has 0 saturated carbocycles. The molecular weight excluding hydrogens is 674 g/mol. The lowest BCUT2D eigenvalue weighted by Gasteiger charge is -2.35. The average Bonchev–Trinajstić information content (AvgIpc) is 3.49. The fraction of sp³-hybridized carbons (Fsp3) is 0.475. The Morgan fingerprint density at radius 2 is 1.64 bits per heavy atom. The maximum Gasteiger partial charge on any atom is 0.406 e. The summed E-state index contributed by atoms with van der Waals surface area (Å²) in [5, 5.41) is 19.4. The van der Waals surface area contributed by atoms with E-state index in [1.54, 1.807) is 27.2 Å². The van der Waals surface area contributed by atoms with Crippen LogP contribution in [0.2, 0.25) is 0 Å². The smallest absolute Gasteiger partial charge is 0.406 e. The van der Waals surface area contributed by atoms with Gasteiger partial charge in [0.25, 0.3) is 0 Å². The fourth-order valence-corrected chi connectivity index (χ4v) is 6.47. The van der Waals surface area contributed by atoms with E-state index in [2.05, 4.69) is 25.8 Å². The number of carbonyl (C=O) groups is 4. The molecule has 4 atom stereocenters. The van der Waals surface area contributed by atoms with Crippen molar-refractivity contribution in [3.05, 3.63) is 102 Å².